The summed E-state index contributed by atoms with van der Waals surface area (Å²) in [5.41, 5.74) is 6.95. The lowest BCUT2D eigenvalue weighted by Gasteiger charge is -2.31. The standard InChI is InChI=1S/C23H26N2/c1-18-11-12-20(16-19(18)2)17-25-15-7-14-24-13-6-10-22(24)23(25)21-8-4-3-5-9-21/h3-6,8-13,16,23H,7,14-15,17H2,1-2H3/t23-/m1/s1. The van der Waals surface area contributed by atoms with Gasteiger partial charge in [0.25, 0.3) is 0 Å². The van der Waals surface area contributed by atoms with Crippen molar-refractivity contribution in [1.29, 1.82) is 0 Å². The van der Waals surface area contributed by atoms with Gasteiger partial charge in [0.1, 0.15) is 0 Å². The Balaban J connectivity index is 1.72. The Morgan fingerprint density at radius 3 is 2.52 bits per heavy atom. The molecular weight excluding hydrogens is 304 g/mol. The molecule has 2 heteroatoms. The highest BCUT2D eigenvalue weighted by molar-refractivity contribution is 5.32. The van der Waals surface area contributed by atoms with Gasteiger partial charge in [-0.3, -0.25) is 4.90 Å². The van der Waals surface area contributed by atoms with Crippen molar-refractivity contribution in [3.8, 4) is 0 Å². The summed E-state index contributed by atoms with van der Waals surface area (Å²) in [5.74, 6) is 0. The fourth-order valence-corrected chi connectivity index (χ4v) is 3.96. The van der Waals surface area contributed by atoms with E-state index in [1.54, 1.807) is 0 Å². The Labute approximate surface area is 150 Å². The number of aryl methyl sites for hydroxylation is 3. The maximum Gasteiger partial charge on any atom is 0.0759 e. The largest absolute Gasteiger partial charge is 0.350 e. The van der Waals surface area contributed by atoms with Gasteiger partial charge in [0.15, 0.2) is 0 Å². The molecule has 1 aliphatic heterocycles. The van der Waals surface area contributed by atoms with Gasteiger partial charge in [-0.15, -0.1) is 0 Å². The van der Waals surface area contributed by atoms with Crippen molar-refractivity contribution < 1.29 is 0 Å². The van der Waals surface area contributed by atoms with E-state index in [2.05, 4.69) is 90.2 Å². The van der Waals surface area contributed by atoms with Crippen molar-refractivity contribution in [2.24, 2.45) is 0 Å². The first-order valence-corrected chi connectivity index (χ1v) is 9.22. The van der Waals surface area contributed by atoms with Gasteiger partial charge >= 0.3 is 0 Å². The number of hydrogen-bond donors (Lipinski definition) is 0. The molecule has 1 aliphatic rings. The van der Waals surface area contributed by atoms with Gasteiger partial charge in [-0.05, 0) is 54.7 Å². The van der Waals surface area contributed by atoms with E-state index in [9.17, 15) is 0 Å². The molecule has 0 spiro atoms. The van der Waals surface area contributed by atoms with E-state index in [1.807, 2.05) is 0 Å². The van der Waals surface area contributed by atoms with Crippen LogP contribution in [0.1, 0.15) is 40.4 Å². The van der Waals surface area contributed by atoms with Crippen LogP contribution in [0.3, 0.4) is 0 Å². The lowest BCUT2D eigenvalue weighted by molar-refractivity contribution is 0.220. The van der Waals surface area contributed by atoms with Crippen LogP contribution in [-0.2, 0) is 13.1 Å². The molecule has 0 amide bonds. The molecular formula is C23H26N2. The third kappa shape index (κ3) is 3.27. The zero-order chi connectivity index (χ0) is 17.2. The highest BCUT2D eigenvalue weighted by Gasteiger charge is 2.27. The predicted octanol–water partition coefficient (Wildman–Crippen LogP) is 5.10. The molecule has 0 aliphatic carbocycles. The quantitative estimate of drug-likeness (QED) is 0.648. The Kier molecular flexibility index (Phi) is 4.46. The van der Waals surface area contributed by atoms with Gasteiger partial charge in [0.2, 0.25) is 0 Å². The molecule has 0 unspecified atom stereocenters. The molecule has 2 aromatic carbocycles. The molecule has 1 atom stereocenters. The first-order chi connectivity index (χ1) is 12.2. The van der Waals surface area contributed by atoms with Crippen molar-refractivity contribution in [3.63, 3.8) is 0 Å². The summed E-state index contributed by atoms with van der Waals surface area (Å²) >= 11 is 0. The summed E-state index contributed by atoms with van der Waals surface area (Å²) in [7, 11) is 0. The van der Waals surface area contributed by atoms with Crippen LogP contribution < -0.4 is 0 Å². The number of hydrogen-bond acceptors (Lipinski definition) is 1. The minimum absolute atomic E-state index is 0.320. The molecule has 0 bridgehead atoms. The average Bonchev–Trinajstić information content (AvgIpc) is 3.00. The van der Waals surface area contributed by atoms with E-state index in [0.29, 0.717) is 6.04 Å². The van der Waals surface area contributed by atoms with Crippen molar-refractivity contribution in [3.05, 3.63) is 94.8 Å². The Morgan fingerprint density at radius 1 is 0.880 bits per heavy atom. The predicted molar refractivity (Wildman–Crippen MR) is 104 cm³/mol. The monoisotopic (exact) mass is 330 g/mol. The molecule has 0 fully saturated rings. The first kappa shape index (κ1) is 16.2. The van der Waals surface area contributed by atoms with E-state index in [0.717, 1.165) is 19.6 Å². The third-order valence-corrected chi connectivity index (χ3v) is 5.43. The molecule has 4 rings (SSSR count). The van der Waals surface area contributed by atoms with Crippen molar-refractivity contribution in [1.82, 2.24) is 9.47 Å². The van der Waals surface area contributed by atoms with Crippen molar-refractivity contribution in [2.45, 2.75) is 39.4 Å². The van der Waals surface area contributed by atoms with Crippen LogP contribution in [0.4, 0.5) is 0 Å². The zero-order valence-electron chi connectivity index (χ0n) is 15.2. The summed E-state index contributed by atoms with van der Waals surface area (Å²) in [5, 5.41) is 0. The first-order valence-electron chi connectivity index (χ1n) is 9.22. The van der Waals surface area contributed by atoms with Crippen LogP contribution >= 0.6 is 0 Å². The highest BCUT2D eigenvalue weighted by atomic mass is 15.2. The Hall–Kier alpha value is -2.32. The van der Waals surface area contributed by atoms with E-state index in [-0.39, 0.29) is 0 Å². The lowest BCUT2D eigenvalue weighted by atomic mass is 10.00. The molecule has 0 radical (unpaired) electrons. The van der Waals surface area contributed by atoms with Crippen LogP contribution in [0.15, 0.2) is 66.9 Å². The summed E-state index contributed by atoms with van der Waals surface area (Å²) in [6, 6.07) is 22.6. The van der Waals surface area contributed by atoms with Crippen LogP contribution in [0, 0.1) is 13.8 Å². The molecule has 3 aromatic rings. The molecule has 1 aromatic heterocycles. The van der Waals surface area contributed by atoms with Crippen molar-refractivity contribution >= 4 is 0 Å². The van der Waals surface area contributed by atoms with Crippen LogP contribution in [0.25, 0.3) is 0 Å². The third-order valence-electron chi connectivity index (χ3n) is 5.43. The van der Waals surface area contributed by atoms with E-state index >= 15 is 0 Å². The van der Waals surface area contributed by atoms with E-state index in [1.165, 1.54) is 34.4 Å². The molecule has 2 nitrogen and oxygen atoms in total. The maximum atomic E-state index is 2.64. The summed E-state index contributed by atoms with van der Waals surface area (Å²) in [4.78, 5) is 2.64. The molecule has 2 heterocycles. The van der Waals surface area contributed by atoms with Gasteiger partial charge in [0.05, 0.1) is 6.04 Å². The number of fused-ring (bicyclic) bond motifs is 1. The second-order valence-corrected chi connectivity index (χ2v) is 7.18. The van der Waals surface area contributed by atoms with Crippen LogP contribution in [-0.4, -0.2) is 16.0 Å². The van der Waals surface area contributed by atoms with E-state index in [4.69, 9.17) is 0 Å². The summed E-state index contributed by atoms with van der Waals surface area (Å²) in [6.45, 7) is 7.61. The topological polar surface area (TPSA) is 8.17 Å². The fourth-order valence-electron chi connectivity index (χ4n) is 3.96. The average molecular weight is 330 g/mol. The highest BCUT2D eigenvalue weighted by Crippen LogP contribution is 2.33. The van der Waals surface area contributed by atoms with Gasteiger partial charge in [-0.25, -0.2) is 0 Å². The van der Waals surface area contributed by atoms with Gasteiger partial charge < -0.3 is 4.57 Å². The molecule has 0 N–H and O–H groups in total. The van der Waals surface area contributed by atoms with Crippen LogP contribution in [0.2, 0.25) is 0 Å². The number of rotatable bonds is 3. The van der Waals surface area contributed by atoms with Gasteiger partial charge in [0, 0.05) is 31.5 Å². The number of nitrogens with zero attached hydrogens (tertiary/aromatic N) is 2. The summed E-state index contributed by atoms with van der Waals surface area (Å²) < 4.78 is 2.43. The van der Waals surface area contributed by atoms with Gasteiger partial charge in [-0.2, -0.15) is 0 Å². The molecule has 0 saturated heterocycles. The molecule has 128 valence electrons. The second kappa shape index (κ2) is 6.89. The normalized spacial score (nSPS) is 17.9. The number of benzene rings is 2. The summed E-state index contributed by atoms with van der Waals surface area (Å²) in [6.07, 6.45) is 3.42. The Bertz CT molecular complexity index is 848. The SMILES string of the molecule is Cc1ccc(CN2CCCn3cccc3[C@H]2c2ccccc2)cc1C. The fraction of sp³-hybridized carbons (Fsp3) is 0.304. The lowest BCUT2D eigenvalue weighted by Crippen LogP contribution is -2.29. The smallest absolute Gasteiger partial charge is 0.0759 e. The van der Waals surface area contributed by atoms with Gasteiger partial charge in [-0.1, -0.05) is 48.5 Å². The minimum atomic E-state index is 0.320. The van der Waals surface area contributed by atoms with E-state index < -0.39 is 0 Å². The molecule has 0 saturated carbocycles. The van der Waals surface area contributed by atoms with Crippen LogP contribution in [0.5, 0.6) is 0 Å². The maximum absolute atomic E-state index is 2.64. The number of aromatic nitrogens is 1. The van der Waals surface area contributed by atoms with Crippen molar-refractivity contribution in [2.75, 3.05) is 6.54 Å². The Morgan fingerprint density at radius 2 is 1.72 bits per heavy atom. The molecule has 25 heavy (non-hydrogen) atoms. The second-order valence-electron chi connectivity index (χ2n) is 7.18. The minimum Gasteiger partial charge on any atom is -0.350 e. The zero-order valence-corrected chi connectivity index (χ0v) is 15.2.